The minimum Gasteiger partial charge on any atom is -0.466 e. The Morgan fingerprint density at radius 3 is 2.57 bits per heavy atom. The summed E-state index contributed by atoms with van der Waals surface area (Å²) >= 11 is 0. The van der Waals surface area contributed by atoms with Gasteiger partial charge in [0.05, 0.1) is 7.11 Å². The first-order chi connectivity index (χ1) is 6.63. The molecule has 80 valence electrons. The van der Waals surface area contributed by atoms with Gasteiger partial charge in [0.1, 0.15) is 0 Å². The lowest BCUT2D eigenvalue weighted by Crippen LogP contribution is -2.30. The molecule has 0 unspecified atom stereocenters. The highest BCUT2D eigenvalue weighted by Crippen LogP contribution is 2.22. The van der Waals surface area contributed by atoms with Crippen molar-refractivity contribution in [3.8, 4) is 0 Å². The molecule has 0 aromatic heterocycles. The second kappa shape index (κ2) is 5.15. The van der Waals surface area contributed by atoms with Crippen LogP contribution in [0.3, 0.4) is 0 Å². The van der Waals surface area contributed by atoms with Crippen LogP contribution in [-0.2, 0) is 9.53 Å². The predicted molar refractivity (Wildman–Crippen MR) is 56.0 cm³/mol. The van der Waals surface area contributed by atoms with Crippen molar-refractivity contribution in [1.29, 1.82) is 0 Å². The van der Waals surface area contributed by atoms with Crippen LogP contribution in [0.1, 0.15) is 19.3 Å². The molecule has 3 nitrogen and oxygen atoms in total. The van der Waals surface area contributed by atoms with Gasteiger partial charge < -0.3 is 9.64 Å². The fourth-order valence-corrected chi connectivity index (χ4v) is 1.84. The number of nitrogens with zero attached hydrogens (tertiary/aromatic N) is 1. The molecule has 0 aromatic carbocycles. The van der Waals surface area contributed by atoms with E-state index in [1.165, 1.54) is 7.11 Å². The average molecular weight is 197 g/mol. The Hall–Kier alpha value is -0.830. The second-order valence-corrected chi connectivity index (χ2v) is 4.05. The zero-order valence-electron chi connectivity index (χ0n) is 9.08. The Morgan fingerprint density at radius 2 is 2.07 bits per heavy atom. The quantitative estimate of drug-likeness (QED) is 0.506. The van der Waals surface area contributed by atoms with Crippen LogP contribution < -0.4 is 0 Å². The van der Waals surface area contributed by atoms with Crippen LogP contribution in [-0.4, -0.2) is 38.1 Å². The van der Waals surface area contributed by atoms with Crippen LogP contribution >= 0.6 is 0 Å². The van der Waals surface area contributed by atoms with Gasteiger partial charge in [0.25, 0.3) is 0 Å². The summed E-state index contributed by atoms with van der Waals surface area (Å²) in [5, 5.41) is 0. The number of carbonyl (C=O) groups is 1. The molecule has 1 aliphatic rings. The molecule has 0 N–H and O–H groups in total. The molecule has 0 bridgehead atoms. The van der Waals surface area contributed by atoms with Crippen LogP contribution in [0.25, 0.3) is 0 Å². The maximum atomic E-state index is 11.1. The summed E-state index contributed by atoms with van der Waals surface area (Å²) in [4.78, 5) is 13.4. The fourth-order valence-electron chi connectivity index (χ4n) is 1.84. The van der Waals surface area contributed by atoms with Gasteiger partial charge in [-0.05, 0) is 45.3 Å². The third-order valence-electron chi connectivity index (χ3n) is 2.85. The standard InChI is InChI=1S/C11H19NO2/c1-9(11(13)14-3)8-10-4-6-12(2)7-5-10/h10H,1,4-8H2,2-3H3. The van der Waals surface area contributed by atoms with E-state index in [1.807, 2.05) is 0 Å². The minimum atomic E-state index is -0.260. The van der Waals surface area contributed by atoms with E-state index in [1.54, 1.807) is 0 Å². The van der Waals surface area contributed by atoms with Gasteiger partial charge >= 0.3 is 5.97 Å². The number of ether oxygens (including phenoxy) is 1. The van der Waals surface area contributed by atoms with Crippen molar-refractivity contribution < 1.29 is 9.53 Å². The summed E-state index contributed by atoms with van der Waals surface area (Å²) < 4.78 is 4.63. The normalized spacial score (nSPS) is 19.3. The highest BCUT2D eigenvalue weighted by atomic mass is 16.5. The summed E-state index contributed by atoms with van der Waals surface area (Å²) in [5.74, 6) is 0.349. The van der Waals surface area contributed by atoms with E-state index in [4.69, 9.17) is 0 Å². The van der Waals surface area contributed by atoms with Crippen LogP contribution in [0.4, 0.5) is 0 Å². The number of rotatable bonds is 3. The molecule has 0 spiro atoms. The van der Waals surface area contributed by atoms with Crippen LogP contribution in [0.15, 0.2) is 12.2 Å². The van der Waals surface area contributed by atoms with Crippen molar-refractivity contribution in [3.63, 3.8) is 0 Å². The summed E-state index contributed by atoms with van der Waals surface area (Å²) in [6.07, 6.45) is 3.11. The summed E-state index contributed by atoms with van der Waals surface area (Å²) in [6, 6.07) is 0. The van der Waals surface area contributed by atoms with E-state index in [-0.39, 0.29) is 5.97 Å². The maximum Gasteiger partial charge on any atom is 0.333 e. The number of likely N-dealkylation sites (tertiary alicyclic amines) is 1. The highest BCUT2D eigenvalue weighted by molar-refractivity contribution is 5.87. The second-order valence-electron chi connectivity index (χ2n) is 4.05. The number of piperidine rings is 1. The lowest BCUT2D eigenvalue weighted by molar-refractivity contribution is -0.136. The topological polar surface area (TPSA) is 29.5 Å². The zero-order chi connectivity index (χ0) is 10.6. The minimum absolute atomic E-state index is 0.260. The first kappa shape index (κ1) is 11.2. The van der Waals surface area contributed by atoms with Gasteiger partial charge in [-0.2, -0.15) is 0 Å². The number of carbonyl (C=O) groups excluding carboxylic acids is 1. The van der Waals surface area contributed by atoms with E-state index in [2.05, 4.69) is 23.3 Å². The molecule has 1 heterocycles. The van der Waals surface area contributed by atoms with Crippen LogP contribution in [0, 0.1) is 5.92 Å². The van der Waals surface area contributed by atoms with Gasteiger partial charge in [-0.25, -0.2) is 4.79 Å². The molecule has 1 saturated heterocycles. The van der Waals surface area contributed by atoms with Gasteiger partial charge in [0, 0.05) is 5.57 Å². The third-order valence-corrected chi connectivity index (χ3v) is 2.85. The molecule has 0 aliphatic carbocycles. The molecule has 0 aromatic rings. The average Bonchev–Trinajstić information content (AvgIpc) is 2.20. The maximum absolute atomic E-state index is 11.1. The molecule has 0 amide bonds. The number of hydrogen-bond donors (Lipinski definition) is 0. The van der Waals surface area contributed by atoms with E-state index < -0.39 is 0 Å². The Labute approximate surface area is 85.7 Å². The smallest absolute Gasteiger partial charge is 0.333 e. The SMILES string of the molecule is C=C(CC1CCN(C)CC1)C(=O)OC. The molecular weight excluding hydrogens is 178 g/mol. The van der Waals surface area contributed by atoms with Crippen LogP contribution in [0.2, 0.25) is 0 Å². The first-order valence-electron chi connectivity index (χ1n) is 5.08. The Balaban J connectivity index is 2.31. The molecule has 0 radical (unpaired) electrons. The van der Waals surface area contributed by atoms with Gasteiger partial charge in [0.2, 0.25) is 0 Å². The molecule has 3 heteroatoms. The van der Waals surface area contributed by atoms with E-state index in [9.17, 15) is 4.79 Å². The predicted octanol–water partition coefficient (Wildman–Crippen LogP) is 1.45. The van der Waals surface area contributed by atoms with Crippen molar-refractivity contribution in [1.82, 2.24) is 4.90 Å². The van der Waals surface area contributed by atoms with E-state index in [0.29, 0.717) is 11.5 Å². The van der Waals surface area contributed by atoms with Gasteiger partial charge in [0.15, 0.2) is 0 Å². The first-order valence-corrected chi connectivity index (χ1v) is 5.08. The number of hydrogen-bond acceptors (Lipinski definition) is 3. The summed E-state index contributed by atoms with van der Waals surface area (Å²) in [5.41, 5.74) is 0.613. The van der Waals surface area contributed by atoms with Crippen molar-refractivity contribution in [2.24, 2.45) is 5.92 Å². The zero-order valence-corrected chi connectivity index (χ0v) is 9.08. The number of methoxy groups -OCH3 is 1. The van der Waals surface area contributed by atoms with Gasteiger partial charge in [-0.1, -0.05) is 6.58 Å². The van der Waals surface area contributed by atoms with Gasteiger partial charge in [-0.3, -0.25) is 0 Å². The molecule has 1 rings (SSSR count). The molecule has 0 saturated carbocycles. The Morgan fingerprint density at radius 1 is 1.50 bits per heavy atom. The monoisotopic (exact) mass is 197 g/mol. The third kappa shape index (κ3) is 3.14. The highest BCUT2D eigenvalue weighted by Gasteiger charge is 2.19. The molecule has 0 atom stereocenters. The number of esters is 1. The lowest BCUT2D eigenvalue weighted by atomic mass is 9.91. The molecule has 1 aliphatic heterocycles. The Kier molecular flexibility index (Phi) is 4.14. The lowest BCUT2D eigenvalue weighted by Gasteiger charge is -2.28. The molecule has 1 fully saturated rings. The summed E-state index contributed by atoms with van der Waals surface area (Å²) in [6.45, 7) is 6.00. The van der Waals surface area contributed by atoms with Gasteiger partial charge in [-0.15, -0.1) is 0 Å². The van der Waals surface area contributed by atoms with Crippen molar-refractivity contribution in [2.45, 2.75) is 19.3 Å². The fraction of sp³-hybridized carbons (Fsp3) is 0.727. The Bertz CT molecular complexity index is 217. The summed E-state index contributed by atoms with van der Waals surface area (Å²) in [7, 11) is 3.54. The van der Waals surface area contributed by atoms with Crippen molar-refractivity contribution >= 4 is 5.97 Å². The van der Waals surface area contributed by atoms with E-state index >= 15 is 0 Å². The van der Waals surface area contributed by atoms with Crippen molar-refractivity contribution in [3.05, 3.63) is 12.2 Å². The molecule has 14 heavy (non-hydrogen) atoms. The largest absolute Gasteiger partial charge is 0.466 e. The van der Waals surface area contributed by atoms with Crippen LogP contribution in [0.5, 0.6) is 0 Å². The van der Waals surface area contributed by atoms with Crippen molar-refractivity contribution in [2.75, 3.05) is 27.2 Å². The van der Waals surface area contributed by atoms with E-state index in [0.717, 1.165) is 32.4 Å². The molecular formula is C11H19NO2.